The molecular formula is C26H31N2O7S3+. The molecular weight excluding hydrogens is 548 g/mol. The number of aromatic nitrogens is 1. The van der Waals surface area contributed by atoms with Crippen molar-refractivity contribution < 1.29 is 34.9 Å². The summed E-state index contributed by atoms with van der Waals surface area (Å²) in [5.74, 6) is -0.324. The van der Waals surface area contributed by atoms with Gasteiger partial charge in [0.05, 0.1) is 22.5 Å². The van der Waals surface area contributed by atoms with Crippen LogP contribution in [0.2, 0.25) is 0 Å². The summed E-state index contributed by atoms with van der Waals surface area (Å²) in [5.41, 5.74) is 5.49. The monoisotopic (exact) mass is 579 g/mol. The summed E-state index contributed by atoms with van der Waals surface area (Å²) in [6.07, 6.45) is 4.77. The molecule has 0 spiro atoms. The number of nitrogens with zero attached hydrogens (tertiary/aromatic N) is 2. The van der Waals surface area contributed by atoms with Gasteiger partial charge in [-0.3, -0.25) is 9.11 Å². The number of para-hydroxylation sites is 2. The van der Waals surface area contributed by atoms with Gasteiger partial charge in [-0.25, -0.2) is 0 Å². The lowest BCUT2D eigenvalue weighted by Crippen LogP contribution is -2.38. The van der Waals surface area contributed by atoms with Gasteiger partial charge in [-0.1, -0.05) is 30.8 Å². The fourth-order valence-electron chi connectivity index (χ4n) is 4.26. The maximum absolute atomic E-state index is 11.4. The lowest BCUT2D eigenvalue weighted by molar-refractivity contribution is -0.673. The average Bonchev–Trinajstić information content (AvgIpc) is 3.33. The Hall–Kier alpha value is -2.64. The van der Waals surface area contributed by atoms with Crippen LogP contribution >= 0.6 is 11.8 Å². The predicted molar refractivity (Wildman–Crippen MR) is 149 cm³/mol. The molecule has 38 heavy (non-hydrogen) atoms. The third kappa shape index (κ3) is 6.86. The van der Waals surface area contributed by atoms with Crippen LogP contribution in [0.4, 0.5) is 5.69 Å². The summed E-state index contributed by atoms with van der Waals surface area (Å²) in [6.45, 7) is 6.51. The molecule has 204 valence electrons. The normalized spacial score (nSPS) is 15.6. The summed E-state index contributed by atoms with van der Waals surface area (Å²) >= 11 is 1.59. The fraction of sp³-hybridized carbons (Fsp3) is 0.346. The minimum atomic E-state index is -4.17. The highest BCUT2D eigenvalue weighted by molar-refractivity contribution is 8.03. The van der Waals surface area contributed by atoms with Crippen LogP contribution in [-0.4, -0.2) is 44.0 Å². The Morgan fingerprint density at radius 3 is 2.42 bits per heavy atom. The Labute approximate surface area is 227 Å². The van der Waals surface area contributed by atoms with Gasteiger partial charge in [-0.2, -0.15) is 21.4 Å². The maximum atomic E-state index is 11.4. The van der Waals surface area contributed by atoms with Gasteiger partial charge in [0.1, 0.15) is 5.75 Å². The van der Waals surface area contributed by atoms with Crippen molar-refractivity contribution in [1.82, 2.24) is 0 Å². The van der Waals surface area contributed by atoms with Gasteiger partial charge in [0.15, 0.2) is 6.54 Å². The van der Waals surface area contributed by atoms with Crippen molar-refractivity contribution in [3.8, 4) is 0 Å². The zero-order valence-corrected chi connectivity index (χ0v) is 23.9. The highest BCUT2D eigenvalue weighted by Gasteiger charge is 2.27. The van der Waals surface area contributed by atoms with Crippen molar-refractivity contribution in [3.05, 3.63) is 70.1 Å². The van der Waals surface area contributed by atoms with Gasteiger partial charge in [-0.05, 0) is 67.7 Å². The van der Waals surface area contributed by atoms with E-state index in [2.05, 4.69) is 17.0 Å². The summed E-state index contributed by atoms with van der Waals surface area (Å²) < 4.78 is 71.8. The number of hydrogen-bond donors (Lipinski definition) is 2. The van der Waals surface area contributed by atoms with E-state index >= 15 is 0 Å². The number of thioether (sulfide) groups is 1. The van der Waals surface area contributed by atoms with Crippen LogP contribution < -0.4 is 9.47 Å². The van der Waals surface area contributed by atoms with E-state index < -0.39 is 26.0 Å². The molecule has 0 bridgehead atoms. The molecule has 3 aromatic rings. The molecule has 4 rings (SSSR count). The molecule has 0 radical (unpaired) electrons. The van der Waals surface area contributed by atoms with Crippen LogP contribution in [-0.2, 0) is 26.8 Å². The van der Waals surface area contributed by atoms with Gasteiger partial charge >= 0.3 is 5.89 Å². The summed E-state index contributed by atoms with van der Waals surface area (Å²) in [5, 5.41) is 0.911. The smallest absolute Gasteiger partial charge is 0.374 e. The molecule has 12 heteroatoms. The zero-order chi connectivity index (χ0) is 27.7. The van der Waals surface area contributed by atoms with E-state index in [1.165, 1.54) is 0 Å². The number of aryl methyl sites for hydroxylation is 3. The highest BCUT2D eigenvalue weighted by atomic mass is 32.2. The number of anilines is 1. The van der Waals surface area contributed by atoms with Gasteiger partial charge in [0.25, 0.3) is 25.8 Å². The second-order valence-electron chi connectivity index (χ2n) is 9.20. The first-order valence-electron chi connectivity index (χ1n) is 12.1. The van der Waals surface area contributed by atoms with Crippen molar-refractivity contribution in [2.75, 3.05) is 23.0 Å². The van der Waals surface area contributed by atoms with Gasteiger partial charge in [-0.15, -0.1) is 0 Å². The summed E-state index contributed by atoms with van der Waals surface area (Å²) in [7, 11) is -8.24. The van der Waals surface area contributed by atoms with Crippen LogP contribution in [0.5, 0.6) is 0 Å². The first-order chi connectivity index (χ1) is 17.8. The van der Waals surface area contributed by atoms with E-state index in [0.29, 0.717) is 30.0 Å². The Kier molecular flexibility index (Phi) is 8.38. The molecule has 0 atom stereocenters. The van der Waals surface area contributed by atoms with Crippen LogP contribution in [0.1, 0.15) is 36.8 Å². The van der Waals surface area contributed by atoms with Crippen LogP contribution in [0, 0.1) is 13.8 Å². The predicted octanol–water partition coefficient (Wildman–Crippen LogP) is 4.75. The Bertz CT molecular complexity index is 1640. The molecule has 2 aromatic carbocycles. The van der Waals surface area contributed by atoms with Crippen LogP contribution in [0.15, 0.2) is 62.4 Å². The molecule has 1 aromatic heterocycles. The van der Waals surface area contributed by atoms with Crippen molar-refractivity contribution >= 4 is 54.9 Å². The highest BCUT2D eigenvalue weighted by Crippen LogP contribution is 2.47. The van der Waals surface area contributed by atoms with Gasteiger partial charge in [0, 0.05) is 17.5 Å². The maximum Gasteiger partial charge on any atom is 0.374 e. The first-order valence-corrected chi connectivity index (χ1v) is 16.2. The minimum absolute atomic E-state index is 0.0236. The van der Waals surface area contributed by atoms with Crippen molar-refractivity contribution in [1.29, 1.82) is 0 Å². The number of rotatable bonds is 10. The molecule has 9 nitrogen and oxygen atoms in total. The van der Waals surface area contributed by atoms with E-state index in [9.17, 15) is 25.9 Å². The molecule has 2 heterocycles. The van der Waals surface area contributed by atoms with Crippen molar-refractivity contribution in [2.45, 2.75) is 45.1 Å². The third-order valence-corrected chi connectivity index (χ3v) is 8.96. The molecule has 1 aliphatic heterocycles. The van der Waals surface area contributed by atoms with E-state index in [1.807, 2.05) is 51.1 Å². The van der Waals surface area contributed by atoms with Crippen LogP contribution in [0.25, 0.3) is 17.2 Å². The lowest BCUT2D eigenvalue weighted by atomic mass is 10.1. The topological polar surface area (TPSA) is 129 Å². The molecule has 0 saturated carbocycles. The summed E-state index contributed by atoms with van der Waals surface area (Å²) in [6, 6.07) is 11.5. The Morgan fingerprint density at radius 1 is 1.05 bits per heavy atom. The molecule has 0 unspecified atom stereocenters. The van der Waals surface area contributed by atoms with E-state index in [4.69, 9.17) is 4.42 Å². The molecule has 1 aliphatic rings. The molecule has 0 fully saturated rings. The first kappa shape index (κ1) is 28.4. The summed E-state index contributed by atoms with van der Waals surface area (Å²) in [4.78, 5) is 3.13. The average molecular weight is 580 g/mol. The fourth-order valence-corrected chi connectivity index (χ4v) is 6.41. The van der Waals surface area contributed by atoms with Gasteiger partial charge < -0.3 is 9.32 Å². The standard InChI is InChI=1S/C26H30N2O7S3/c1-4-20(16-25-27(11-13-38(32,33)34)21-8-5-6-9-23(21)35-25)17-26-28(10-7-12-37(29,30)31)22-14-18(2)19(3)15-24(22)36-26/h5-6,8-9,14-17H,4,7,10-13H2,1-3H3,(H-,29,30,31,32,33,34)/p+1. The SMILES string of the molecule is CCC(=Cc1oc2ccccc2[n+]1CCS(=O)(=O)O)C=C1Sc2cc(C)c(C)cc2N1CCCS(=O)(=O)O. The molecule has 0 aliphatic carbocycles. The zero-order valence-electron chi connectivity index (χ0n) is 21.4. The second-order valence-corrected chi connectivity index (χ2v) is 13.4. The van der Waals surface area contributed by atoms with E-state index in [1.54, 1.807) is 22.4 Å². The Morgan fingerprint density at radius 2 is 1.74 bits per heavy atom. The van der Waals surface area contributed by atoms with Crippen LogP contribution in [0.3, 0.4) is 0 Å². The van der Waals surface area contributed by atoms with Crippen molar-refractivity contribution in [2.24, 2.45) is 0 Å². The number of allylic oxidation sites excluding steroid dienone is 2. The number of fused-ring (bicyclic) bond motifs is 2. The minimum Gasteiger partial charge on any atom is -0.398 e. The molecule has 0 amide bonds. The van der Waals surface area contributed by atoms with Crippen molar-refractivity contribution in [3.63, 3.8) is 0 Å². The largest absolute Gasteiger partial charge is 0.398 e. The second kappa shape index (κ2) is 11.2. The third-order valence-electron chi connectivity index (χ3n) is 6.37. The Balaban J connectivity index is 1.73. The quantitative estimate of drug-likeness (QED) is 0.258. The molecule has 2 N–H and O–H groups in total. The molecule has 0 saturated heterocycles. The van der Waals surface area contributed by atoms with Gasteiger partial charge in [0.2, 0.25) is 5.58 Å². The lowest BCUT2D eigenvalue weighted by Gasteiger charge is -2.21. The number of oxazole rings is 1. The van der Waals surface area contributed by atoms with E-state index in [0.717, 1.165) is 32.3 Å². The number of hydrogen-bond acceptors (Lipinski definition) is 7. The van der Waals surface area contributed by atoms with E-state index in [-0.39, 0.29) is 18.7 Å². The number of benzene rings is 2.